The maximum Gasteiger partial charge on any atom is 0.329 e. The molecule has 1 N–H and O–H groups in total. The number of urea groups is 1. The average Bonchev–Trinajstić information content (AvgIpc) is 2.64. The number of piperidine rings is 1. The summed E-state index contributed by atoms with van der Waals surface area (Å²) in [7, 11) is 3.35. The fourth-order valence-electron chi connectivity index (χ4n) is 3.42. The van der Waals surface area contributed by atoms with Crippen molar-refractivity contribution in [3.8, 4) is 0 Å². The van der Waals surface area contributed by atoms with Crippen LogP contribution in [0.3, 0.4) is 0 Å². The van der Waals surface area contributed by atoms with Crippen LogP contribution in [0.2, 0.25) is 0 Å². The summed E-state index contributed by atoms with van der Waals surface area (Å²) in [4.78, 5) is 31.3. The molecule has 8 nitrogen and oxygen atoms in total. The van der Waals surface area contributed by atoms with Crippen molar-refractivity contribution in [2.45, 2.75) is 25.6 Å². The quantitative estimate of drug-likeness (QED) is 0.809. The SMILES string of the molecule is COC(OC)C1CCN(c2ccc(N3CCC(=O)NC3=O)nc2)CC1. The lowest BCUT2D eigenvalue weighted by Crippen LogP contribution is -2.49. The van der Waals surface area contributed by atoms with Gasteiger partial charge in [0.15, 0.2) is 6.29 Å². The van der Waals surface area contributed by atoms with E-state index >= 15 is 0 Å². The first-order chi connectivity index (χ1) is 12.1. The van der Waals surface area contributed by atoms with Crippen molar-refractivity contribution in [3.05, 3.63) is 18.3 Å². The minimum Gasteiger partial charge on any atom is -0.370 e. The van der Waals surface area contributed by atoms with Crippen molar-refractivity contribution in [2.75, 3.05) is 43.7 Å². The fourth-order valence-corrected chi connectivity index (χ4v) is 3.42. The van der Waals surface area contributed by atoms with Crippen molar-refractivity contribution in [1.29, 1.82) is 0 Å². The highest BCUT2D eigenvalue weighted by atomic mass is 16.7. The molecule has 0 aliphatic carbocycles. The van der Waals surface area contributed by atoms with E-state index in [4.69, 9.17) is 9.47 Å². The molecule has 2 aliphatic rings. The second-order valence-corrected chi connectivity index (χ2v) is 6.29. The third-order valence-corrected chi connectivity index (χ3v) is 4.82. The predicted molar refractivity (Wildman–Crippen MR) is 92.5 cm³/mol. The summed E-state index contributed by atoms with van der Waals surface area (Å²) in [6, 6.07) is 3.38. The predicted octanol–water partition coefficient (Wildman–Crippen LogP) is 1.36. The average molecular weight is 348 g/mol. The van der Waals surface area contributed by atoms with Gasteiger partial charge in [0.25, 0.3) is 0 Å². The van der Waals surface area contributed by atoms with Gasteiger partial charge < -0.3 is 14.4 Å². The van der Waals surface area contributed by atoms with Gasteiger partial charge in [0.2, 0.25) is 5.91 Å². The van der Waals surface area contributed by atoms with Gasteiger partial charge in [-0.05, 0) is 25.0 Å². The fraction of sp³-hybridized carbons (Fsp3) is 0.588. The molecule has 3 rings (SSSR count). The van der Waals surface area contributed by atoms with Crippen molar-refractivity contribution >= 4 is 23.4 Å². The van der Waals surface area contributed by atoms with E-state index in [1.54, 1.807) is 20.4 Å². The molecule has 2 fully saturated rings. The highest BCUT2D eigenvalue weighted by Gasteiger charge is 2.28. The van der Waals surface area contributed by atoms with E-state index in [2.05, 4.69) is 15.2 Å². The Morgan fingerprint density at radius 2 is 1.88 bits per heavy atom. The summed E-state index contributed by atoms with van der Waals surface area (Å²) in [5.74, 6) is 0.710. The van der Waals surface area contributed by atoms with Gasteiger partial charge in [-0.15, -0.1) is 0 Å². The summed E-state index contributed by atoms with van der Waals surface area (Å²) in [6.45, 7) is 2.18. The summed E-state index contributed by atoms with van der Waals surface area (Å²) in [5.41, 5.74) is 1.03. The van der Waals surface area contributed by atoms with E-state index in [-0.39, 0.29) is 12.2 Å². The molecule has 0 radical (unpaired) electrons. The maximum atomic E-state index is 11.9. The Kier molecular flexibility index (Phi) is 5.50. The Morgan fingerprint density at radius 1 is 1.16 bits per heavy atom. The molecule has 0 saturated carbocycles. The molecule has 2 aliphatic heterocycles. The molecular weight excluding hydrogens is 324 g/mol. The lowest BCUT2D eigenvalue weighted by Gasteiger charge is -2.36. The van der Waals surface area contributed by atoms with Crippen LogP contribution >= 0.6 is 0 Å². The van der Waals surface area contributed by atoms with Crippen LogP contribution in [0.5, 0.6) is 0 Å². The van der Waals surface area contributed by atoms with E-state index in [0.29, 0.717) is 24.7 Å². The van der Waals surface area contributed by atoms with Gasteiger partial charge >= 0.3 is 6.03 Å². The first-order valence-corrected chi connectivity index (χ1v) is 8.50. The topological polar surface area (TPSA) is 84.0 Å². The van der Waals surface area contributed by atoms with Gasteiger partial charge in [0.1, 0.15) is 5.82 Å². The van der Waals surface area contributed by atoms with E-state index in [0.717, 1.165) is 31.6 Å². The van der Waals surface area contributed by atoms with Gasteiger partial charge in [-0.1, -0.05) is 0 Å². The molecule has 3 heterocycles. The number of methoxy groups -OCH3 is 2. The van der Waals surface area contributed by atoms with Gasteiger partial charge in [-0.25, -0.2) is 9.78 Å². The van der Waals surface area contributed by atoms with Crippen LogP contribution in [-0.2, 0) is 14.3 Å². The second-order valence-electron chi connectivity index (χ2n) is 6.29. The molecule has 0 spiro atoms. The van der Waals surface area contributed by atoms with Crippen molar-refractivity contribution < 1.29 is 19.1 Å². The summed E-state index contributed by atoms with van der Waals surface area (Å²) < 4.78 is 10.7. The molecule has 1 aromatic rings. The number of nitrogens with one attached hydrogen (secondary N) is 1. The number of rotatable bonds is 5. The third-order valence-electron chi connectivity index (χ3n) is 4.82. The number of imide groups is 1. The van der Waals surface area contributed by atoms with Crippen LogP contribution in [0.15, 0.2) is 18.3 Å². The van der Waals surface area contributed by atoms with E-state index < -0.39 is 6.03 Å². The number of nitrogens with zero attached hydrogens (tertiary/aromatic N) is 3. The number of anilines is 2. The molecule has 8 heteroatoms. The number of aromatic nitrogens is 1. The van der Waals surface area contributed by atoms with Crippen LogP contribution in [0.25, 0.3) is 0 Å². The normalized spacial score (nSPS) is 19.5. The van der Waals surface area contributed by atoms with Crippen LogP contribution in [0.4, 0.5) is 16.3 Å². The highest BCUT2D eigenvalue weighted by Crippen LogP contribution is 2.27. The Labute approximate surface area is 147 Å². The monoisotopic (exact) mass is 348 g/mol. The van der Waals surface area contributed by atoms with E-state index in [9.17, 15) is 9.59 Å². The summed E-state index contributed by atoms with van der Waals surface area (Å²) in [5, 5.41) is 2.31. The minimum absolute atomic E-state index is 0.150. The van der Waals surface area contributed by atoms with E-state index in [1.807, 2.05) is 12.1 Å². The third kappa shape index (κ3) is 3.91. The minimum atomic E-state index is -0.414. The number of carbonyl (C=O) groups excluding carboxylic acids is 2. The lowest BCUT2D eigenvalue weighted by atomic mass is 9.96. The molecule has 0 bridgehead atoms. The molecule has 0 aromatic carbocycles. The Bertz CT molecular complexity index is 610. The molecule has 136 valence electrons. The number of ether oxygens (including phenoxy) is 2. The number of amides is 3. The second kappa shape index (κ2) is 7.79. The Hall–Kier alpha value is -2.19. The molecule has 25 heavy (non-hydrogen) atoms. The number of hydrogen-bond donors (Lipinski definition) is 1. The number of carbonyl (C=O) groups is 2. The molecule has 3 amide bonds. The van der Waals surface area contributed by atoms with Crippen LogP contribution < -0.4 is 15.1 Å². The van der Waals surface area contributed by atoms with Gasteiger partial charge in [0, 0.05) is 46.2 Å². The van der Waals surface area contributed by atoms with Crippen molar-refractivity contribution in [2.24, 2.45) is 5.92 Å². The highest BCUT2D eigenvalue weighted by molar-refractivity contribution is 6.05. The lowest BCUT2D eigenvalue weighted by molar-refractivity contribution is -0.141. The largest absolute Gasteiger partial charge is 0.370 e. The molecule has 1 aromatic heterocycles. The number of pyridine rings is 1. The van der Waals surface area contributed by atoms with Gasteiger partial charge in [-0.3, -0.25) is 15.0 Å². The Balaban J connectivity index is 1.60. The van der Waals surface area contributed by atoms with Crippen LogP contribution in [-0.4, -0.2) is 57.1 Å². The summed E-state index contributed by atoms with van der Waals surface area (Å²) >= 11 is 0. The van der Waals surface area contributed by atoms with Crippen molar-refractivity contribution in [3.63, 3.8) is 0 Å². The Morgan fingerprint density at radius 3 is 2.44 bits per heavy atom. The summed E-state index contributed by atoms with van der Waals surface area (Å²) in [6.07, 6.45) is 3.91. The first kappa shape index (κ1) is 17.6. The van der Waals surface area contributed by atoms with Crippen molar-refractivity contribution in [1.82, 2.24) is 10.3 Å². The zero-order valence-electron chi connectivity index (χ0n) is 14.6. The van der Waals surface area contributed by atoms with Crippen LogP contribution in [0, 0.1) is 5.92 Å². The first-order valence-electron chi connectivity index (χ1n) is 8.50. The molecule has 0 unspecified atom stereocenters. The standard InChI is InChI=1S/C17H24N4O4/c1-24-16(25-2)12-5-8-20(9-6-12)13-3-4-14(18-11-13)21-10-7-15(22)19-17(21)23/h3-4,11-12,16H,5-10H2,1-2H3,(H,19,22,23). The maximum absolute atomic E-state index is 11.9. The van der Waals surface area contributed by atoms with Gasteiger partial charge in [0.05, 0.1) is 11.9 Å². The van der Waals surface area contributed by atoms with E-state index in [1.165, 1.54) is 4.90 Å². The number of hydrogen-bond acceptors (Lipinski definition) is 6. The molecular formula is C17H24N4O4. The smallest absolute Gasteiger partial charge is 0.329 e. The van der Waals surface area contributed by atoms with Crippen LogP contribution in [0.1, 0.15) is 19.3 Å². The zero-order chi connectivity index (χ0) is 17.8. The molecule has 0 atom stereocenters. The molecule has 2 saturated heterocycles. The van der Waals surface area contributed by atoms with Gasteiger partial charge in [-0.2, -0.15) is 0 Å². The zero-order valence-corrected chi connectivity index (χ0v) is 14.6.